The summed E-state index contributed by atoms with van der Waals surface area (Å²) in [5.41, 5.74) is 0.604. The van der Waals surface area contributed by atoms with Gasteiger partial charge in [-0.3, -0.25) is 0 Å². The second-order valence-electron chi connectivity index (χ2n) is 6.55. The Kier molecular flexibility index (Phi) is 5.30. The van der Waals surface area contributed by atoms with E-state index >= 15 is 0 Å². The van der Waals surface area contributed by atoms with Crippen LogP contribution in [0.25, 0.3) is 0 Å². The van der Waals surface area contributed by atoms with Gasteiger partial charge in [0.25, 0.3) is 0 Å². The van der Waals surface area contributed by atoms with Crippen molar-refractivity contribution in [3.05, 3.63) is 0 Å². The van der Waals surface area contributed by atoms with Crippen molar-refractivity contribution < 1.29 is 0 Å². The molecule has 100 valence electrons. The summed E-state index contributed by atoms with van der Waals surface area (Å²) in [5.74, 6) is 0.960. The van der Waals surface area contributed by atoms with Crippen LogP contribution in [0.4, 0.5) is 0 Å². The van der Waals surface area contributed by atoms with Crippen molar-refractivity contribution in [3.8, 4) is 0 Å². The lowest BCUT2D eigenvalue weighted by Gasteiger charge is -2.33. The Morgan fingerprint density at radius 2 is 2.06 bits per heavy atom. The summed E-state index contributed by atoms with van der Waals surface area (Å²) in [4.78, 5) is 0. The largest absolute Gasteiger partial charge is 0.316 e. The Hall–Kier alpha value is -0.0800. The molecule has 1 saturated carbocycles. The van der Waals surface area contributed by atoms with E-state index < -0.39 is 0 Å². The van der Waals surface area contributed by atoms with Crippen LogP contribution in [0, 0.1) is 11.3 Å². The lowest BCUT2D eigenvalue weighted by Crippen LogP contribution is -2.34. The first kappa shape index (κ1) is 13.4. The first-order chi connectivity index (χ1) is 8.29. The smallest absolute Gasteiger partial charge is 0.000516 e. The van der Waals surface area contributed by atoms with Crippen molar-refractivity contribution in [3.63, 3.8) is 0 Å². The molecular weight excluding hydrogens is 208 g/mol. The molecule has 0 radical (unpaired) electrons. The maximum atomic E-state index is 3.70. The van der Waals surface area contributed by atoms with Gasteiger partial charge in [-0.25, -0.2) is 0 Å². The zero-order valence-corrected chi connectivity index (χ0v) is 11.6. The summed E-state index contributed by atoms with van der Waals surface area (Å²) in [7, 11) is 0. The second-order valence-corrected chi connectivity index (χ2v) is 6.55. The first-order valence-electron chi connectivity index (χ1n) is 7.70. The Morgan fingerprint density at radius 3 is 2.76 bits per heavy atom. The van der Waals surface area contributed by atoms with Gasteiger partial charge in [0.05, 0.1) is 0 Å². The molecule has 0 bridgehead atoms. The fourth-order valence-electron chi connectivity index (χ4n) is 3.45. The van der Waals surface area contributed by atoms with Gasteiger partial charge in [-0.1, -0.05) is 26.2 Å². The van der Waals surface area contributed by atoms with Crippen molar-refractivity contribution >= 4 is 0 Å². The van der Waals surface area contributed by atoms with Gasteiger partial charge in [-0.15, -0.1) is 0 Å². The normalized spacial score (nSPS) is 28.4. The lowest BCUT2D eigenvalue weighted by atomic mass is 9.76. The molecule has 17 heavy (non-hydrogen) atoms. The van der Waals surface area contributed by atoms with Gasteiger partial charge in [0.15, 0.2) is 0 Å². The molecule has 2 fully saturated rings. The van der Waals surface area contributed by atoms with Crippen molar-refractivity contribution in [2.24, 2.45) is 11.3 Å². The topological polar surface area (TPSA) is 24.1 Å². The van der Waals surface area contributed by atoms with E-state index in [9.17, 15) is 0 Å². The average Bonchev–Trinajstić information content (AvgIpc) is 2.82. The summed E-state index contributed by atoms with van der Waals surface area (Å²) in [5, 5.41) is 7.15. The zero-order chi connectivity index (χ0) is 12.0. The fourth-order valence-corrected chi connectivity index (χ4v) is 3.45. The summed E-state index contributed by atoms with van der Waals surface area (Å²) in [6.07, 6.45) is 11.4. The molecule has 1 saturated heterocycles. The highest BCUT2D eigenvalue weighted by Gasteiger charge is 2.25. The van der Waals surface area contributed by atoms with Gasteiger partial charge in [-0.05, 0) is 63.1 Å². The molecule has 1 aliphatic carbocycles. The Labute approximate surface area is 107 Å². The maximum absolute atomic E-state index is 3.70. The van der Waals surface area contributed by atoms with E-state index in [0.717, 1.165) is 5.92 Å². The molecule has 1 unspecified atom stereocenters. The highest BCUT2D eigenvalue weighted by Crippen LogP contribution is 2.34. The molecule has 1 heterocycles. The number of hydrogen-bond acceptors (Lipinski definition) is 2. The first-order valence-corrected chi connectivity index (χ1v) is 7.70. The quantitative estimate of drug-likeness (QED) is 0.695. The van der Waals surface area contributed by atoms with Gasteiger partial charge >= 0.3 is 0 Å². The van der Waals surface area contributed by atoms with Crippen LogP contribution in [0.3, 0.4) is 0 Å². The second kappa shape index (κ2) is 6.75. The van der Waals surface area contributed by atoms with Crippen LogP contribution in [0.2, 0.25) is 0 Å². The number of rotatable bonds is 6. The van der Waals surface area contributed by atoms with Gasteiger partial charge in [0, 0.05) is 6.54 Å². The third-order valence-corrected chi connectivity index (χ3v) is 4.74. The Balaban J connectivity index is 1.50. The van der Waals surface area contributed by atoms with Crippen LogP contribution in [0.5, 0.6) is 0 Å². The molecule has 0 aromatic rings. The van der Waals surface area contributed by atoms with Crippen molar-refractivity contribution in [1.29, 1.82) is 0 Å². The predicted octanol–water partition coefficient (Wildman–Crippen LogP) is 2.94. The summed E-state index contributed by atoms with van der Waals surface area (Å²) in [6.45, 7) is 7.45. The van der Waals surface area contributed by atoms with Crippen LogP contribution in [0.1, 0.15) is 58.3 Å². The molecule has 2 N–H and O–H groups in total. The van der Waals surface area contributed by atoms with Crippen LogP contribution < -0.4 is 10.6 Å². The van der Waals surface area contributed by atoms with E-state index in [1.165, 1.54) is 77.5 Å². The monoisotopic (exact) mass is 238 g/mol. The lowest BCUT2D eigenvalue weighted by molar-refractivity contribution is 0.207. The predicted molar refractivity (Wildman–Crippen MR) is 74.3 cm³/mol. The molecule has 0 aromatic heterocycles. The minimum atomic E-state index is 0.604. The van der Waals surface area contributed by atoms with Crippen molar-refractivity contribution in [2.45, 2.75) is 58.3 Å². The fraction of sp³-hybridized carbons (Fsp3) is 1.00. The average molecular weight is 238 g/mol. The third kappa shape index (κ3) is 4.59. The number of nitrogens with one attached hydrogen (secondary N) is 2. The van der Waals surface area contributed by atoms with Crippen LogP contribution in [-0.2, 0) is 0 Å². The highest BCUT2D eigenvalue weighted by molar-refractivity contribution is 4.80. The van der Waals surface area contributed by atoms with E-state index in [1.54, 1.807) is 0 Å². The molecule has 1 atom stereocenters. The minimum Gasteiger partial charge on any atom is -0.316 e. The summed E-state index contributed by atoms with van der Waals surface area (Å²) >= 11 is 0. The SMILES string of the molecule is CC1(CNCCCC2CCNC2)CCCCC1. The van der Waals surface area contributed by atoms with E-state index in [0.29, 0.717) is 5.41 Å². The van der Waals surface area contributed by atoms with Gasteiger partial charge < -0.3 is 10.6 Å². The molecular formula is C15H30N2. The number of hydrogen-bond donors (Lipinski definition) is 2. The molecule has 2 nitrogen and oxygen atoms in total. The molecule has 0 amide bonds. The van der Waals surface area contributed by atoms with E-state index in [-0.39, 0.29) is 0 Å². The van der Waals surface area contributed by atoms with Crippen LogP contribution in [-0.4, -0.2) is 26.2 Å². The van der Waals surface area contributed by atoms with Crippen molar-refractivity contribution in [1.82, 2.24) is 10.6 Å². The standard InChI is InChI=1S/C15H30N2/c1-15(8-3-2-4-9-15)13-17-10-5-6-14-7-11-16-12-14/h14,16-17H,2-13H2,1H3. The van der Waals surface area contributed by atoms with E-state index in [4.69, 9.17) is 0 Å². The molecule has 0 aromatic carbocycles. The van der Waals surface area contributed by atoms with Gasteiger partial charge in [-0.2, -0.15) is 0 Å². The molecule has 1 aliphatic heterocycles. The molecule has 0 spiro atoms. The van der Waals surface area contributed by atoms with Gasteiger partial charge in [0.2, 0.25) is 0 Å². The van der Waals surface area contributed by atoms with Crippen molar-refractivity contribution in [2.75, 3.05) is 26.2 Å². The molecule has 2 rings (SSSR count). The minimum absolute atomic E-state index is 0.604. The van der Waals surface area contributed by atoms with E-state index in [1.807, 2.05) is 0 Å². The maximum Gasteiger partial charge on any atom is 0.000516 e. The molecule has 2 heteroatoms. The van der Waals surface area contributed by atoms with Crippen LogP contribution in [0.15, 0.2) is 0 Å². The van der Waals surface area contributed by atoms with Gasteiger partial charge in [0.1, 0.15) is 0 Å². The summed E-state index contributed by atoms with van der Waals surface area (Å²) < 4.78 is 0. The van der Waals surface area contributed by atoms with E-state index in [2.05, 4.69) is 17.6 Å². The zero-order valence-electron chi connectivity index (χ0n) is 11.6. The third-order valence-electron chi connectivity index (χ3n) is 4.74. The Bertz CT molecular complexity index is 203. The highest BCUT2D eigenvalue weighted by atomic mass is 14.9. The van der Waals surface area contributed by atoms with Crippen LogP contribution >= 0.6 is 0 Å². The Morgan fingerprint density at radius 1 is 1.24 bits per heavy atom. The summed E-state index contributed by atoms with van der Waals surface area (Å²) in [6, 6.07) is 0. The molecule has 2 aliphatic rings.